The number of benzene rings is 18. The molecule has 0 aliphatic rings. The molecule has 694 valence electrons. The van der Waals surface area contributed by atoms with Gasteiger partial charge in [0.1, 0.15) is 6.33 Å². The van der Waals surface area contributed by atoms with Gasteiger partial charge in [-0.1, -0.05) is 411 Å². The summed E-state index contributed by atoms with van der Waals surface area (Å²) in [6.45, 7) is 17.2. The van der Waals surface area contributed by atoms with Crippen molar-refractivity contribution in [3.63, 3.8) is 0 Å². The topological polar surface area (TPSA) is 77.3 Å². The molecule has 0 aliphatic heterocycles. The van der Waals surface area contributed by atoms with Crippen molar-refractivity contribution in [2.45, 2.75) is 55.4 Å². The van der Waals surface area contributed by atoms with Crippen LogP contribution in [-0.2, 0) is 0 Å². The lowest BCUT2D eigenvalue weighted by molar-refractivity contribution is 1.18. The van der Waals surface area contributed by atoms with Crippen LogP contribution in [0.3, 0.4) is 0 Å². The second kappa shape index (κ2) is 40.0. The molecule has 0 saturated heterocycles. The van der Waals surface area contributed by atoms with E-state index in [1.54, 1.807) is 6.33 Å². The van der Waals surface area contributed by atoms with Crippen molar-refractivity contribution < 1.29 is 0 Å². The summed E-state index contributed by atoms with van der Waals surface area (Å²) in [4.78, 5) is 30.1. The van der Waals surface area contributed by atoms with Crippen LogP contribution in [0, 0.1) is 55.4 Å². The second-order valence-electron chi connectivity index (χ2n) is 38.6. The summed E-state index contributed by atoms with van der Waals surface area (Å²) in [7, 11) is 0. The highest BCUT2D eigenvalue weighted by Gasteiger charge is 2.23. The summed E-state index contributed by atoms with van der Waals surface area (Å²) in [5.74, 6) is 0. The molecule has 5 heterocycles. The molecular formula is C140H104N6. The first-order chi connectivity index (χ1) is 71.6. The van der Waals surface area contributed by atoms with Crippen LogP contribution in [0.2, 0.25) is 0 Å². The Morgan fingerprint density at radius 1 is 0.110 bits per heavy atom. The van der Waals surface area contributed by atoms with E-state index >= 15 is 0 Å². The summed E-state index contributed by atoms with van der Waals surface area (Å²) < 4.78 is 0. The van der Waals surface area contributed by atoms with Gasteiger partial charge < -0.3 is 0 Å². The molecule has 18 aromatic carbocycles. The van der Waals surface area contributed by atoms with Crippen molar-refractivity contribution in [2.75, 3.05) is 0 Å². The molecule has 5 aromatic heterocycles. The van der Waals surface area contributed by atoms with Crippen LogP contribution >= 0.6 is 0 Å². The van der Waals surface area contributed by atoms with Crippen molar-refractivity contribution in [2.24, 2.45) is 0 Å². The Morgan fingerprint density at radius 3 is 0.397 bits per heavy atom. The molecule has 0 fully saturated rings. The van der Waals surface area contributed by atoms with Gasteiger partial charge in [-0.3, -0.25) is 19.9 Å². The summed E-state index contributed by atoms with van der Waals surface area (Å²) in [6, 6.07) is 166. The quantitative estimate of drug-likeness (QED) is 0.0673. The Bertz CT molecular complexity index is 7910. The van der Waals surface area contributed by atoms with E-state index in [0.29, 0.717) is 0 Å². The second-order valence-corrected chi connectivity index (χ2v) is 38.6. The molecule has 23 rings (SSSR count). The van der Waals surface area contributed by atoms with Gasteiger partial charge in [0.05, 0.1) is 34.2 Å². The van der Waals surface area contributed by atoms with Gasteiger partial charge in [0, 0.05) is 80.4 Å². The monoisotopic (exact) mass is 1870 g/mol. The minimum atomic E-state index is 0.828. The van der Waals surface area contributed by atoms with Crippen LogP contribution in [-0.4, -0.2) is 29.9 Å². The molecule has 0 atom stereocenters. The van der Waals surface area contributed by atoms with Gasteiger partial charge >= 0.3 is 0 Å². The Hall–Kier alpha value is -18.4. The largest absolute Gasteiger partial charge is 0.256 e. The third kappa shape index (κ3) is 18.9. The maximum Gasteiger partial charge on any atom is 0.116 e. The molecule has 0 saturated carbocycles. The summed E-state index contributed by atoms with van der Waals surface area (Å²) >= 11 is 0. The van der Waals surface area contributed by atoms with Gasteiger partial charge in [0.2, 0.25) is 0 Å². The number of pyridine rings is 4. The summed E-state index contributed by atoms with van der Waals surface area (Å²) in [5.41, 5.74) is 57.3. The van der Waals surface area contributed by atoms with E-state index in [0.717, 1.165) is 223 Å². The van der Waals surface area contributed by atoms with Crippen molar-refractivity contribution in [1.82, 2.24) is 29.9 Å². The van der Waals surface area contributed by atoms with E-state index in [-0.39, 0.29) is 0 Å². The average molecular weight is 1870 g/mol. The summed E-state index contributed by atoms with van der Waals surface area (Å²) in [6.07, 6.45) is 9.76. The number of hydrogen-bond acceptors (Lipinski definition) is 6. The van der Waals surface area contributed by atoms with Crippen LogP contribution in [0.5, 0.6) is 0 Å². The van der Waals surface area contributed by atoms with Crippen LogP contribution in [0.4, 0.5) is 0 Å². The van der Waals surface area contributed by atoms with E-state index in [4.69, 9.17) is 29.9 Å². The summed E-state index contributed by atoms with van der Waals surface area (Å²) in [5, 5.41) is 0. The normalized spacial score (nSPS) is 11.3. The maximum absolute atomic E-state index is 5.03. The maximum atomic E-state index is 5.03. The highest BCUT2D eigenvalue weighted by atomic mass is 14.8. The zero-order chi connectivity index (χ0) is 98.8. The highest BCUT2D eigenvalue weighted by Crippen LogP contribution is 2.48. The lowest BCUT2D eigenvalue weighted by Gasteiger charge is -2.18. The first-order valence-corrected chi connectivity index (χ1v) is 50.1. The number of aryl methyl sites for hydroxylation is 8. The Labute approximate surface area is 855 Å². The fourth-order valence-corrected chi connectivity index (χ4v) is 20.7. The number of hydrogen-bond donors (Lipinski definition) is 0. The lowest BCUT2D eigenvalue weighted by atomic mass is 9.86. The van der Waals surface area contributed by atoms with Crippen LogP contribution in [0.1, 0.15) is 44.5 Å². The van der Waals surface area contributed by atoms with Gasteiger partial charge in [-0.15, -0.1) is 0 Å². The smallest absolute Gasteiger partial charge is 0.116 e. The molecule has 0 spiro atoms. The molecule has 6 heteroatoms. The first kappa shape index (κ1) is 91.4. The molecule has 0 amide bonds. The fraction of sp³-hybridized carbons (Fsp3) is 0.0571. The third-order valence-electron chi connectivity index (χ3n) is 28.8. The average Bonchev–Trinajstić information content (AvgIpc) is 0.766. The predicted molar refractivity (Wildman–Crippen MR) is 611 cm³/mol. The predicted octanol–water partition coefficient (Wildman–Crippen LogP) is 37.2. The van der Waals surface area contributed by atoms with Crippen molar-refractivity contribution >= 4 is 0 Å². The van der Waals surface area contributed by atoms with E-state index < -0.39 is 0 Å². The molecule has 0 aliphatic carbocycles. The van der Waals surface area contributed by atoms with E-state index in [9.17, 15) is 0 Å². The van der Waals surface area contributed by atoms with E-state index in [2.05, 4.69) is 510 Å². The minimum Gasteiger partial charge on any atom is -0.256 e. The Morgan fingerprint density at radius 2 is 0.240 bits per heavy atom. The molecule has 0 radical (unpaired) electrons. The van der Waals surface area contributed by atoms with Crippen molar-refractivity contribution in [1.29, 1.82) is 0 Å². The highest BCUT2D eigenvalue weighted by molar-refractivity contribution is 5.98. The zero-order valence-electron chi connectivity index (χ0n) is 82.9. The van der Waals surface area contributed by atoms with Gasteiger partial charge in [-0.05, 0) is 300 Å². The van der Waals surface area contributed by atoms with Gasteiger partial charge in [0.25, 0.3) is 0 Å². The van der Waals surface area contributed by atoms with Gasteiger partial charge in [0.15, 0.2) is 0 Å². The van der Waals surface area contributed by atoms with E-state index in [1.807, 2.05) is 24.8 Å². The van der Waals surface area contributed by atoms with E-state index in [1.165, 1.54) is 66.8 Å². The lowest BCUT2D eigenvalue weighted by Crippen LogP contribution is -1.93. The standard InChI is InChI=1S/C140H104N6/c1-89-33-41-103(42-34-89)131-84-141-135(73-93(131)5)107-61-49-97(50-62-107)119-21-9-15-27-125(119)113-77-114(126-28-16-10-22-120(126)98-51-63-108(64-52-98)136-74-94(6)132(85-142-136)104-43-35-90(2)36-44-104)80-117(79-113)129-31-19-13-25-123(129)101-57-69-111(70-58-101)139-83-140(146-88-145-139)112-71-59-102(60-72-112)124-26-14-20-32-130(124)118-81-115(127-29-17-11-23-121(127)99-53-65-109(66-54-99)137-75-95(7)133(86-143-137)105-45-37-91(3)38-46-105)78-116(82-118)128-30-18-12-24-122(128)100-55-67-110(68-56-100)138-76-96(8)134(87-144-138)106-47-39-92(4)40-48-106/h9-88H,1-8H3. The molecule has 146 heavy (non-hydrogen) atoms. The molecular weight excluding hydrogens is 1770 g/mol. The SMILES string of the molecule is Cc1ccc(-c2cnc(-c3ccc(-c4ccccc4-c4cc(-c5ccccc5-c5ccc(-c6cc(-c7ccc(-c8ccccc8-c8cc(-c9ccccc9-c9ccc(-c%10cc(C)c(-c%11ccc(C)cc%11)cn%10)cc9)cc(-c9ccccc9-c9ccc(-c%10cc(C)c(-c%11ccc(C)cc%11)cn%10)cc9)c8)cc7)ncn6)cc5)cc(-c5ccccc5-c5ccc(-c6cc(C)c(-c7ccc(C)cc7)cn6)cc5)c4)cc3)cc2C)cc1. The zero-order valence-corrected chi connectivity index (χ0v) is 82.9. The van der Waals surface area contributed by atoms with Crippen LogP contribution < -0.4 is 0 Å². The van der Waals surface area contributed by atoms with Gasteiger partial charge in [-0.25, -0.2) is 9.97 Å². The number of nitrogens with zero attached hydrogens (tertiary/aromatic N) is 6. The molecule has 0 unspecified atom stereocenters. The van der Waals surface area contributed by atoms with Crippen molar-refractivity contribution in [3.8, 4) is 246 Å². The first-order valence-electron chi connectivity index (χ1n) is 50.1. The van der Waals surface area contributed by atoms with Crippen LogP contribution in [0.25, 0.3) is 246 Å². The Kier molecular flexibility index (Phi) is 25.0. The number of aromatic nitrogens is 6. The van der Waals surface area contributed by atoms with Crippen LogP contribution in [0.15, 0.2) is 486 Å². The Balaban J connectivity index is 0.558. The van der Waals surface area contributed by atoms with Gasteiger partial charge in [-0.2, -0.15) is 0 Å². The number of rotatable bonds is 22. The molecule has 23 aromatic rings. The molecule has 6 nitrogen and oxygen atoms in total. The third-order valence-corrected chi connectivity index (χ3v) is 28.8. The fourth-order valence-electron chi connectivity index (χ4n) is 20.7. The minimum absolute atomic E-state index is 0.828. The molecule has 0 bridgehead atoms. The molecule has 0 N–H and O–H groups in total. The van der Waals surface area contributed by atoms with Crippen molar-refractivity contribution in [3.05, 3.63) is 531 Å².